The molecule has 0 aliphatic carbocycles. The normalized spacial score (nSPS) is 10.5. The smallest absolute Gasteiger partial charge is 0.171 e. The summed E-state index contributed by atoms with van der Waals surface area (Å²) in [7, 11) is 0. The fourth-order valence-electron chi connectivity index (χ4n) is 1.04. The molecule has 2 rings (SSSR count). The highest BCUT2D eigenvalue weighted by atomic mass is 79.9. The van der Waals surface area contributed by atoms with Crippen LogP contribution in [0.1, 0.15) is 5.69 Å². The molecule has 2 aromatic rings. The van der Waals surface area contributed by atoms with Crippen LogP contribution in [-0.4, -0.2) is 9.97 Å². The van der Waals surface area contributed by atoms with Crippen LogP contribution >= 0.6 is 38.9 Å². The van der Waals surface area contributed by atoms with E-state index in [0.717, 1.165) is 15.0 Å². The van der Waals surface area contributed by atoms with Crippen LogP contribution in [0.4, 0.5) is 0 Å². The van der Waals surface area contributed by atoms with E-state index in [2.05, 4.69) is 25.9 Å². The summed E-state index contributed by atoms with van der Waals surface area (Å²) in [4.78, 5) is 9.57. The average molecular weight is 290 g/mol. The van der Waals surface area contributed by atoms with Gasteiger partial charge in [0, 0.05) is 0 Å². The van der Waals surface area contributed by atoms with Gasteiger partial charge in [0.2, 0.25) is 0 Å². The summed E-state index contributed by atoms with van der Waals surface area (Å²) >= 11 is 10.9. The Labute approximate surface area is 99.1 Å². The SMILES string of the molecule is Cc1nc(-c2cccs2)nc(Cl)c1Br. The molecule has 0 radical (unpaired) electrons. The third-order valence-corrected chi connectivity index (χ3v) is 4.03. The first-order valence-electron chi connectivity index (χ1n) is 3.92. The molecule has 0 spiro atoms. The molecule has 2 aromatic heterocycles. The molecular weight excluding hydrogens is 284 g/mol. The van der Waals surface area contributed by atoms with Gasteiger partial charge in [0.15, 0.2) is 5.82 Å². The summed E-state index contributed by atoms with van der Waals surface area (Å²) in [5.41, 5.74) is 0.855. The monoisotopic (exact) mass is 288 g/mol. The van der Waals surface area contributed by atoms with Crippen molar-refractivity contribution in [2.24, 2.45) is 0 Å². The van der Waals surface area contributed by atoms with Crippen molar-refractivity contribution in [3.63, 3.8) is 0 Å². The van der Waals surface area contributed by atoms with Crippen molar-refractivity contribution in [2.45, 2.75) is 6.92 Å². The minimum atomic E-state index is 0.459. The highest BCUT2D eigenvalue weighted by Gasteiger charge is 2.09. The number of aryl methyl sites for hydroxylation is 1. The molecule has 0 atom stereocenters. The molecule has 0 saturated heterocycles. The van der Waals surface area contributed by atoms with Gasteiger partial charge in [-0.2, -0.15) is 0 Å². The summed E-state index contributed by atoms with van der Waals surface area (Å²) in [5.74, 6) is 0.686. The Balaban J connectivity index is 2.57. The van der Waals surface area contributed by atoms with Crippen molar-refractivity contribution in [3.8, 4) is 10.7 Å². The second-order valence-electron chi connectivity index (χ2n) is 2.71. The average Bonchev–Trinajstić information content (AvgIpc) is 2.66. The summed E-state index contributed by atoms with van der Waals surface area (Å²) in [6, 6.07) is 3.94. The summed E-state index contributed by atoms with van der Waals surface area (Å²) in [5, 5.41) is 2.45. The van der Waals surface area contributed by atoms with Gasteiger partial charge in [0.05, 0.1) is 15.0 Å². The minimum absolute atomic E-state index is 0.459. The van der Waals surface area contributed by atoms with E-state index < -0.39 is 0 Å². The molecule has 14 heavy (non-hydrogen) atoms. The number of hydrogen-bond donors (Lipinski definition) is 0. The van der Waals surface area contributed by atoms with Crippen LogP contribution in [0.25, 0.3) is 10.7 Å². The van der Waals surface area contributed by atoms with Gasteiger partial charge in [-0.1, -0.05) is 17.7 Å². The van der Waals surface area contributed by atoms with Gasteiger partial charge in [-0.3, -0.25) is 0 Å². The molecule has 0 aromatic carbocycles. The molecule has 5 heteroatoms. The molecule has 0 fully saturated rings. The van der Waals surface area contributed by atoms with Gasteiger partial charge in [0.1, 0.15) is 5.15 Å². The number of nitrogens with zero attached hydrogens (tertiary/aromatic N) is 2. The summed E-state index contributed by atoms with van der Waals surface area (Å²) in [6.45, 7) is 1.90. The number of rotatable bonds is 1. The molecule has 0 aliphatic rings. The molecule has 0 bridgehead atoms. The van der Waals surface area contributed by atoms with E-state index in [1.54, 1.807) is 11.3 Å². The van der Waals surface area contributed by atoms with Crippen LogP contribution < -0.4 is 0 Å². The Kier molecular flexibility index (Phi) is 2.85. The third kappa shape index (κ3) is 1.82. The minimum Gasteiger partial charge on any atom is -0.231 e. The Morgan fingerprint density at radius 3 is 2.79 bits per heavy atom. The Bertz CT molecular complexity index is 433. The third-order valence-electron chi connectivity index (χ3n) is 1.72. The molecule has 0 amide bonds. The van der Waals surface area contributed by atoms with E-state index in [-0.39, 0.29) is 0 Å². The molecular formula is C9H6BrClN2S. The fraction of sp³-hybridized carbons (Fsp3) is 0.111. The molecule has 72 valence electrons. The molecule has 0 saturated carbocycles. The maximum atomic E-state index is 5.94. The second-order valence-corrected chi connectivity index (χ2v) is 4.81. The number of thiophene rings is 1. The van der Waals surface area contributed by atoms with E-state index >= 15 is 0 Å². The molecule has 0 N–H and O–H groups in total. The zero-order valence-electron chi connectivity index (χ0n) is 7.29. The lowest BCUT2D eigenvalue weighted by molar-refractivity contribution is 1.10. The van der Waals surface area contributed by atoms with Crippen molar-refractivity contribution in [1.82, 2.24) is 9.97 Å². The molecule has 2 nitrogen and oxygen atoms in total. The van der Waals surface area contributed by atoms with Gasteiger partial charge >= 0.3 is 0 Å². The van der Waals surface area contributed by atoms with Crippen LogP contribution in [0, 0.1) is 6.92 Å². The zero-order chi connectivity index (χ0) is 10.1. The Morgan fingerprint density at radius 1 is 1.43 bits per heavy atom. The zero-order valence-corrected chi connectivity index (χ0v) is 10.4. The van der Waals surface area contributed by atoms with Gasteiger partial charge in [-0.25, -0.2) is 9.97 Å². The molecule has 0 unspecified atom stereocenters. The molecule has 0 aliphatic heterocycles. The van der Waals surface area contributed by atoms with Gasteiger partial charge in [0.25, 0.3) is 0 Å². The number of hydrogen-bond acceptors (Lipinski definition) is 3. The predicted molar refractivity (Wildman–Crippen MR) is 62.8 cm³/mol. The van der Waals surface area contributed by atoms with Crippen LogP contribution in [0.5, 0.6) is 0 Å². The summed E-state index contributed by atoms with van der Waals surface area (Å²) in [6.07, 6.45) is 0. The van der Waals surface area contributed by atoms with E-state index in [9.17, 15) is 0 Å². The predicted octanol–water partition coefficient (Wildman–Crippen LogP) is 3.93. The largest absolute Gasteiger partial charge is 0.231 e. The first-order chi connectivity index (χ1) is 6.68. The van der Waals surface area contributed by atoms with Crippen molar-refractivity contribution in [2.75, 3.05) is 0 Å². The van der Waals surface area contributed by atoms with Gasteiger partial charge in [-0.05, 0) is 34.3 Å². The second kappa shape index (κ2) is 3.96. The molecule has 2 heterocycles. The van der Waals surface area contributed by atoms with E-state index in [0.29, 0.717) is 11.0 Å². The standard InChI is InChI=1S/C9H6BrClN2S/c1-5-7(10)8(11)13-9(12-5)6-3-2-4-14-6/h2-4H,1H3. The first kappa shape index (κ1) is 10.1. The van der Waals surface area contributed by atoms with Crippen LogP contribution in [0.15, 0.2) is 22.0 Å². The van der Waals surface area contributed by atoms with E-state index in [1.807, 2.05) is 24.4 Å². The number of halogens is 2. The first-order valence-corrected chi connectivity index (χ1v) is 5.97. The highest BCUT2D eigenvalue weighted by molar-refractivity contribution is 9.10. The van der Waals surface area contributed by atoms with E-state index in [1.165, 1.54) is 0 Å². The Hall–Kier alpha value is -0.450. The lowest BCUT2D eigenvalue weighted by Crippen LogP contribution is -1.92. The lowest BCUT2D eigenvalue weighted by Gasteiger charge is -2.02. The maximum Gasteiger partial charge on any atom is 0.171 e. The van der Waals surface area contributed by atoms with Crippen molar-refractivity contribution < 1.29 is 0 Å². The van der Waals surface area contributed by atoms with Crippen molar-refractivity contribution in [1.29, 1.82) is 0 Å². The van der Waals surface area contributed by atoms with Crippen molar-refractivity contribution in [3.05, 3.63) is 32.8 Å². The topological polar surface area (TPSA) is 25.8 Å². The quantitative estimate of drug-likeness (QED) is 0.743. The van der Waals surface area contributed by atoms with E-state index in [4.69, 9.17) is 11.6 Å². The summed E-state index contributed by atoms with van der Waals surface area (Å²) < 4.78 is 0.763. The fourth-order valence-corrected chi connectivity index (χ4v) is 2.09. The highest BCUT2D eigenvalue weighted by Crippen LogP contribution is 2.28. The van der Waals surface area contributed by atoms with Gasteiger partial charge < -0.3 is 0 Å². The van der Waals surface area contributed by atoms with Crippen LogP contribution in [0.3, 0.4) is 0 Å². The van der Waals surface area contributed by atoms with Crippen LogP contribution in [-0.2, 0) is 0 Å². The van der Waals surface area contributed by atoms with Crippen molar-refractivity contribution >= 4 is 38.9 Å². The van der Waals surface area contributed by atoms with Gasteiger partial charge in [-0.15, -0.1) is 11.3 Å². The lowest BCUT2D eigenvalue weighted by atomic mass is 10.4. The maximum absolute atomic E-state index is 5.94. The number of aromatic nitrogens is 2. The Morgan fingerprint density at radius 2 is 2.21 bits per heavy atom. The van der Waals surface area contributed by atoms with Crippen LogP contribution in [0.2, 0.25) is 5.15 Å².